The van der Waals surface area contributed by atoms with Crippen molar-refractivity contribution in [3.8, 4) is 0 Å². The average molecular weight is 332 g/mol. The second-order valence-corrected chi connectivity index (χ2v) is 7.18. The van der Waals surface area contributed by atoms with E-state index in [0.717, 1.165) is 43.9 Å². The summed E-state index contributed by atoms with van der Waals surface area (Å²) in [6.45, 7) is 6.00. The summed E-state index contributed by atoms with van der Waals surface area (Å²) in [6, 6.07) is 0.354. The number of amides is 1. The van der Waals surface area contributed by atoms with Crippen LogP contribution in [-0.2, 0) is 11.2 Å². The van der Waals surface area contributed by atoms with Gasteiger partial charge in [-0.25, -0.2) is 9.97 Å². The van der Waals surface area contributed by atoms with E-state index in [9.17, 15) is 4.79 Å². The van der Waals surface area contributed by atoms with E-state index in [1.54, 1.807) is 11.3 Å². The average Bonchev–Trinajstić information content (AvgIpc) is 3.24. The summed E-state index contributed by atoms with van der Waals surface area (Å²) in [5, 5.41) is 2.02. The molecule has 0 aromatic carbocycles. The van der Waals surface area contributed by atoms with Crippen LogP contribution in [0, 0.1) is 0 Å². The van der Waals surface area contributed by atoms with Gasteiger partial charge < -0.3 is 9.47 Å². The molecule has 0 N–H and O–H groups in total. The number of nitrogens with zero attached hydrogens (tertiary/aromatic N) is 4. The van der Waals surface area contributed by atoms with Crippen LogP contribution >= 0.6 is 11.3 Å². The van der Waals surface area contributed by atoms with Crippen molar-refractivity contribution in [2.75, 3.05) is 13.1 Å². The van der Waals surface area contributed by atoms with Crippen LogP contribution in [0.4, 0.5) is 0 Å². The number of carbonyl (C=O) groups excluding carboxylic acids is 1. The van der Waals surface area contributed by atoms with Crippen LogP contribution in [0.1, 0.15) is 56.6 Å². The minimum atomic E-state index is 0.244. The monoisotopic (exact) mass is 332 g/mol. The largest absolute Gasteiger partial charge is 0.341 e. The van der Waals surface area contributed by atoms with E-state index in [2.05, 4.69) is 34.6 Å². The van der Waals surface area contributed by atoms with E-state index in [4.69, 9.17) is 0 Å². The van der Waals surface area contributed by atoms with E-state index in [1.165, 1.54) is 0 Å². The maximum atomic E-state index is 12.5. The van der Waals surface area contributed by atoms with Gasteiger partial charge in [-0.05, 0) is 19.3 Å². The second-order valence-electron chi connectivity index (χ2n) is 6.46. The van der Waals surface area contributed by atoms with Gasteiger partial charge in [0, 0.05) is 43.2 Å². The summed E-state index contributed by atoms with van der Waals surface area (Å²) in [5.74, 6) is 1.77. The molecule has 0 saturated carbocycles. The third-order valence-corrected chi connectivity index (χ3v) is 5.07. The zero-order chi connectivity index (χ0) is 16.2. The molecule has 3 heterocycles. The van der Waals surface area contributed by atoms with Gasteiger partial charge in [0.25, 0.3) is 0 Å². The predicted molar refractivity (Wildman–Crippen MR) is 91.6 cm³/mol. The van der Waals surface area contributed by atoms with Gasteiger partial charge >= 0.3 is 0 Å². The van der Waals surface area contributed by atoms with Gasteiger partial charge in [-0.1, -0.05) is 13.8 Å². The summed E-state index contributed by atoms with van der Waals surface area (Å²) < 4.78 is 2.27. The maximum Gasteiger partial charge on any atom is 0.223 e. The molecule has 0 radical (unpaired) electrons. The molecule has 3 rings (SSSR count). The SMILES string of the molecule is CC(C)c1nccn1[C@@H]1CCCN(C(=O)CCc2cscn2)C1. The Balaban J connectivity index is 1.61. The number of aryl methyl sites for hydroxylation is 1. The number of likely N-dealkylation sites (tertiary alicyclic amines) is 1. The third kappa shape index (κ3) is 3.80. The van der Waals surface area contributed by atoms with Gasteiger partial charge in [0.2, 0.25) is 5.91 Å². The highest BCUT2D eigenvalue weighted by molar-refractivity contribution is 7.07. The number of piperidine rings is 1. The Bertz CT molecular complexity index is 635. The summed E-state index contributed by atoms with van der Waals surface area (Å²) in [5.41, 5.74) is 2.84. The summed E-state index contributed by atoms with van der Waals surface area (Å²) >= 11 is 1.58. The lowest BCUT2D eigenvalue weighted by Crippen LogP contribution is -2.41. The highest BCUT2D eigenvalue weighted by Gasteiger charge is 2.26. The second kappa shape index (κ2) is 7.25. The van der Waals surface area contributed by atoms with Crippen LogP contribution < -0.4 is 0 Å². The molecule has 1 fully saturated rings. The smallest absolute Gasteiger partial charge is 0.223 e. The van der Waals surface area contributed by atoms with E-state index in [0.29, 0.717) is 18.4 Å². The minimum absolute atomic E-state index is 0.244. The topological polar surface area (TPSA) is 51.0 Å². The molecule has 1 aliphatic rings. The minimum Gasteiger partial charge on any atom is -0.341 e. The lowest BCUT2D eigenvalue weighted by Gasteiger charge is -2.34. The Hall–Kier alpha value is -1.69. The first-order valence-corrected chi connectivity index (χ1v) is 9.27. The van der Waals surface area contributed by atoms with Gasteiger partial charge in [0.05, 0.1) is 17.2 Å². The van der Waals surface area contributed by atoms with Gasteiger partial charge in [-0.15, -0.1) is 11.3 Å². The van der Waals surface area contributed by atoms with Crippen molar-refractivity contribution < 1.29 is 4.79 Å². The molecule has 6 heteroatoms. The van der Waals surface area contributed by atoms with Crippen LogP contribution in [0.5, 0.6) is 0 Å². The van der Waals surface area contributed by atoms with E-state index in [-0.39, 0.29) is 5.91 Å². The summed E-state index contributed by atoms with van der Waals surface area (Å²) in [4.78, 5) is 23.3. The lowest BCUT2D eigenvalue weighted by atomic mass is 10.0. The summed E-state index contributed by atoms with van der Waals surface area (Å²) in [6.07, 6.45) is 7.40. The number of hydrogen-bond donors (Lipinski definition) is 0. The quantitative estimate of drug-likeness (QED) is 0.844. The van der Waals surface area contributed by atoms with Crippen LogP contribution in [0.15, 0.2) is 23.3 Å². The molecule has 1 aliphatic heterocycles. The van der Waals surface area contributed by atoms with Crippen molar-refractivity contribution in [2.24, 2.45) is 0 Å². The van der Waals surface area contributed by atoms with Crippen molar-refractivity contribution in [3.05, 3.63) is 34.8 Å². The Morgan fingerprint density at radius 2 is 2.30 bits per heavy atom. The molecule has 23 heavy (non-hydrogen) atoms. The molecule has 0 spiro atoms. The number of rotatable bonds is 5. The molecule has 2 aromatic rings. The Morgan fingerprint density at radius 3 is 3.04 bits per heavy atom. The first-order valence-electron chi connectivity index (χ1n) is 8.32. The van der Waals surface area contributed by atoms with Crippen molar-refractivity contribution >= 4 is 17.2 Å². The van der Waals surface area contributed by atoms with Crippen molar-refractivity contribution in [3.63, 3.8) is 0 Å². The lowest BCUT2D eigenvalue weighted by molar-refractivity contribution is -0.132. The molecule has 0 bridgehead atoms. The van der Waals surface area contributed by atoms with Crippen LogP contribution in [-0.4, -0.2) is 38.4 Å². The number of carbonyl (C=O) groups is 1. The molecule has 5 nitrogen and oxygen atoms in total. The molecule has 2 aromatic heterocycles. The Kier molecular flexibility index (Phi) is 5.10. The predicted octanol–water partition coefficient (Wildman–Crippen LogP) is 3.26. The molecule has 0 unspecified atom stereocenters. The molecule has 124 valence electrons. The molecule has 1 amide bonds. The normalized spacial score (nSPS) is 18.6. The number of aromatic nitrogens is 3. The maximum absolute atomic E-state index is 12.5. The molecular formula is C17H24N4OS. The van der Waals surface area contributed by atoms with Crippen LogP contribution in [0.3, 0.4) is 0 Å². The number of imidazole rings is 1. The molecule has 1 atom stereocenters. The number of thiazole rings is 1. The van der Waals surface area contributed by atoms with Crippen LogP contribution in [0.2, 0.25) is 0 Å². The van der Waals surface area contributed by atoms with Gasteiger partial charge in [-0.2, -0.15) is 0 Å². The highest BCUT2D eigenvalue weighted by Crippen LogP contribution is 2.26. The number of hydrogen-bond acceptors (Lipinski definition) is 4. The fraction of sp³-hybridized carbons (Fsp3) is 0.588. The highest BCUT2D eigenvalue weighted by atomic mass is 32.1. The fourth-order valence-electron chi connectivity index (χ4n) is 3.24. The first-order chi connectivity index (χ1) is 11.1. The van der Waals surface area contributed by atoms with E-state index < -0.39 is 0 Å². The standard InChI is InChI=1S/C17H24N4OS/c1-13(2)17-18-7-9-21(17)15-4-3-8-20(10-15)16(22)6-5-14-11-23-12-19-14/h7,9,11-13,15H,3-6,8,10H2,1-2H3/t15-/m1/s1. The zero-order valence-electron chi connectivity index (χ0n) is 13.8. The van der Waals surface area contributed by atoms with Gasteiger partial charge in [-0.3, -0.25) is 4.79 Å². The van der Waals surface area contributed by atoms with Crippen molar-refractivity contribution in [2.45, 2.75) is 51.5 Å². The van der Waals surface area contributed by atoms with Crippen molar-refractivity contribution in [1.82, 2.24) is 19.4 Å². The molecular weight excluding hydrogens is 308 g/mol. The first kappa shape index (κ1) is 16.2. The Labute approximate surface area is 141 Å². The Morgan fingerprint density at radius 1 is 1.43 bits per heavy atom. The van der Waals surface area contributed by atoms with E-state index >= 15 is 0 Å². The third-order valence-electron chi connectivity index (χ3n) is 4.44. The van der Waals surface area contributed by atoms with Crippen molar-refractivity contribution in [1.29, 1.82) is 0 Å². The van der Waals surface area contributed by atoms with Crippen LogP contribution in [0.25, 0.3) is 0 Å². The molecule has 0 aliphatic carbocycles. The molecule has 1 saturated heterocycles. The van der Waals surface area contributed by atoms with Gasteiger partial charge in [0.1, 0.15) is 5.82 Å². The fourth-order valence-corrected chi connectivity index (χ4v) is 3.84. The summed E-state index contributed by atoms with van der Waals surface area (Å²) in [7, 11) is 0. The zero-order valence-corrected chi connectivity index (χ0v) is 14.6. The van der Waals surface area contributed by atoms with Gasteiger partial charge in [0.15, 0.2) is 0 Å². The van der Waals surface area contributed by atoms with E-state index in [1.807, 2.05) is 22.0 Å².